The number of hydrogen-bond acceptors (Lipinski definition) is 2. The molecule has 1 N–H and O–H groups in total. The topological polar surface area (TPSA) is 49.4 Å². The number of aryl methyl sites for hydroxylation is 1. The van der Waals surface area contributed by atoms with Crippen molar-refractivity contribution < 1.29 is 14.0 Å². The number of amides is 2. The van der Waals surface area contributed by atoms with Crippen LogP contribution in [0.15, 0.2) is 78.9 Å². The van der Waals surface area contributed by atoms with Gasteiger partial charge in [-0.05, 0) is 36.1 Å². The zero-order chi connectivity index (χ0) is 23.6. The van der Waals surface area contributed by atoms with Gasteiger partial charge in [0.15, 0.2) is 0 Å². The Morgan fingerprint density at radius 3 is 2.33 bits per heavy atom. The highest BCUT2D eigenvalue weighted by atomic mass is 19.1. The lowest BCUT2D eigenvalue weighted by molar-refractivity contribution is -0.140. The molecule has 0 aliphatic heterocycles. The van der Waals surface area contributed by atoms with E-state index in [9.17, 15) is 14.0 Å². The van der Waals surface area contributed by atoms with Crippen LogP contribution in [0.4, 0.5) is 4.39 Å². The van der Waals surface area contributed by atoms with E-state index in [0.29, 0.717) is 18.5 Å². The summed E-state index contributed by atoms with van der Waals surface area (Å²) in [6, 6.07) is 23.1. The van der Waals surface area contributed by atoms with Crippen molar-refractivity contribution >= 4 is 11.8 Å². The fourth-order valence-electron chi connectivity index (χ4n) is 3.83. The molecule has 0 aromatic heterocycles. The van der Waals surface area contributed by atoms with E-state index in [1.165, 1.54) is 6.07 Å². The number of nitrogens with zero attached hydrogens (tertiary/aromatic N) is 1. The molecular weight excluding hydrogens is 415 g/mol. The summed E-state index contributed by atoms with van der Waals surface area (Å²) in [7, 11) is 0. The molecule has 0 fully saturated rings. The second kappa shape index (κ2) is 12.0. The number of carbonyl (C=O) groups is 2. The predicted octanol–water partition coefficient (Wildman–Crippen LogP) is 4.84. The first kappa shape index (κ1) is 24.2. The van der Waals surface area contributed by atoms with Crippen LogP contribution in [0.3, 0.4) is 0 Å². The fourth-order valence-corrected chi connectivity index (χ4v) is 3.83. The van der Waals surface area contributed by atoms with Crippen LogP contribution in [0.25, 0.3) is 0 Å². The Morgan fingerprint density at radius 2 is 1.64 bits per heavy atom. The second-order valence-electron chi connectivity index (χ2n) is 8.28. The average molecular weight is 447 g/mol. The van der Waals surface area contributed by atoms with E-state index < -0.39 is 11.9 Å². The first-order valence-corrected chi connectivity index (χ1v) is 11.4. The molecule has 3 aromatic rings. The summed E-state index contributed by atoms with van der Waals surface area (Å²) in [4.78, 5) is 28.4. The zero-order valence-corrected chi connectivity index (χ0v) is 19.3. The highest BCUT2D eigenvalue weighted by Crippen LogP contribution is 2.18. The van der Waals surface area contributed by atoms with Gasteiger partial charge < -0.3 is 10.2 Å². The van der Waals surface area contributed by atoms with Crippen LogP contribution in [0.5, 0.6) is 0 Å². The molecule has 2 amide bonds. The summed E-state index contributed by atoms with van der Waals surface area (Å²) < 4.78 is 14.3. The number of hydrogen-bond donors (Lipinski definition) is 1. The van der Waals surface area contributed by atoms with Gasteiger partial charge in [0.1, 0.15) is 11.9 Å². The van der Waals surface area contributed by atoms with Crippen molar-refractivity contribution in [1.82, 2.24) is 10.2 Å². The molecular formula is C28H31FN2O2. The number of benzene rings is 3. The summed E-state index contributed by atoms with van der Waals surface area (Å²) in [5, 5.41) is 2.95. The molecule has 0 unspecified atom stereocenters. The Labute approximate surface area is 195 Å². The van der Waals surface area contributed by atoms with Crippen LogP contribution in [-0.2, 0) is 29.0 Å². The lowest BCUT2D eigenvalue weighted by Crippen LogP contribution is -2.51. The van der Waals surface area contributed by atoms with E-state index >= 15 is 0 Å². The molecule has 3 rings (SSSR count). The maximum absolute atomic E-state index is 14.3. The molecule has 172 valence electrons. The normalized spacial score (nSPS) is 11.6. The zero-order valence-electron chi connectivity index (χ0n) is 19.3. The molecule has 0 aliphatic rings. The largest absolute Gasteiger partial charge is 0.354 e. The first-order chi connectivity index (χ1) is 16.0. The van der Waals surface area contributed by atoms with Gasteiger partial charge in [-0.15, -0.1) is 0 Å². The lowest BCUT2D eigenvalue weighted by Gasteiger charge is -2.32. The third kappa shape index (κ3) is 7.01. The number of nitrogens with one attached hydrogen (secondary N) is 1. The second-order valence-corrected chi connectivity index (χ2v) is 8.28. The van der Waals surface area contributed by atoms with Crippen molar-refractivity contribution in [3.8, 4) is 0 Å². The van der Waals surface area contributed by atoms with Gasteiger partial charge in [-0.25, -0.2) is 4.39 Å². The van der Waals surface area contributed by atoms with E-state index in [-0.39, 0.29) is 24.8 Å². The lowest BCUT2D eigenvalue weighted by atomic mass is 10.0. The van der Waals surface area contributed by atoms with Gasteiger partial charge in [0.2, 0.25) is 11.8 Å². The maximum atomic E-state index is 14.3. The van der Waals surface area contributed by atoms with Gasteiger partial charge >= 0.3 is 0 Å². The smallest absolute Gasteiger partial charge is 0.243 e. The molecule has 0 aliphatic carbocycles. The van der Waals surface area contributed by atoms with Crippen molar-refractivity contribution in [2.75, 3.05) is 6.54 Å². The predicted molar refractivity (Wildman–Crippen MR) is 129 cm³/mol. The molecule has 0 saturated heterocycles. The van der Waals surface area contributed by atoms with E-state index in [2.05, 4.69) is 5.32 Å². The SMILES string of the molecule is CCCNC(=O)[C@H](Cc1ccccc1)N(Cc1cccc(C)c1)C(=O)Cc1ccccc1F. The van der Waals surface area contributed by atoms with Crippen molar-refractivity contribution in [1.29, 1.82) is 0 Å². The summed E-state index contributed by atoms with van der Waals surface area (Å²) in [6.45, 7) is 4.78. The molecule has 4 nitrogen and oxygen atoms in total. The average Bonchev–Trinajstić information content (AvgIpc) is 2.82. The van der Waals surface area contributed by atoms with Crippen LogP contribution in [0, 0.1) is 12.7 Å². The van der Waals surface area contributed by atoms with Crippen molar-refractivity contribution in [2.45, 2.75) is 45.7 Å². The van der Waals surface area contributed by atoms with Crippen LogP contribution < -0.4 is 5.32 Å². The van der Waals surface area contributed by atoms with Gasteiger partial charge in [-0.1, -0.05) is 85.3 Å². The van der Waals surface area contributed by atoms with Crippen molar-refractivity contribution in [3.63, 3.8) is 0 Å². The molecule has 0 spiro atoms. The van der Waals surface area contributed by atoms with Crippen molar-refractivity contribution in [2.24, 2.45) is 0 Å². The summed E-state index contributed by atoms with van der Waals surface area (Å²) >= 11 is 0. The Morgan fingerprint density at radius 1 is 0.939 bits per heavy atom. The minimum absolute atomic E-state index is 0.106. The number of halogens is 1. The molecule has 5 heteroatoms. The van der Waals surface area contributed by atoms with E-state index in [0.717, 1.165) is 23.1 Å². The molecule has 0 bridgehead atoms. The third-order valence-corrected chi connectivity index (χ3v) is 5.56. The van der Waals surface area contributed by atoms with Gasteiger partial charge in [0.05, 0.1) is 6.42 Å². The number of carbonyl (C=O) groups excluding carboxylic acids is 2. The Bertz CT molecular complexity index is 1070. The molecule has 0 radical (unpaired) electrons. The summed E-state index contributed by atoms with van der Waals surface area (Å²) in [5.74, 6) is -0.902. The van der Waals surface area contributed by atoms with E-state index in [4.69, 9.17) is 0 Å². The van der Waals surface area contributed by atoms with Gasteiger partial charge in [-0.2, -0.15) is 0 Å². The van der Waals surface area contributed by atoms with Gasteiger partial charge in [0.25, 0.3) is 0 Å². The molecule has 0 heterocycles. The Hall–Kier alpha value is -3.47. The molecule has 33 heavy (non-hydrogen) atoms. The highest BCUT2D eigenvalue weighted by molar-refractivity contribution is 5.88. The van der Waals surface area contributed by atoms with Gasteiger partial charge in [0, 0.05) is 19.5 Å². The van der Waals surface area contributed by atoms with Crippen LogP contribution in [-0.4, -0.2) is 29.3 Å². The molecule has 3 aromatic carbocycles. The highest BCUT2D eigenvalue weighted by Gasteiger charge is 2.30. The third-order valence-electron chi connectivity index (χ3n) is 5.56. The Kier molecular flexibility index (Phi) is 8.76. The Balaban J connectivity index is 1.96. The van der Waals surface area contributed by atoms with Crippen LogP contribution in [0.2, 0.25) is 0 Å². The number of rotatable bonds is 10. The van der Waals surface area contributed by atoms with Gasteiger partial charge in [-0.3, -0.25) is 9.59 Å². The van der Waals surface area contributed by atoms with E-state index in [1.54, 1.807) is 23.1 Å². The maximum Gasteiger partial charge on any atom is 0.243 e. The summed E-state index contributed by atoms with van der Waals surface area (Å²) in [6.07, 6.45) is 1.07. The van der Waals surface area contributed by atoms with E-state index in [1.807, 2.05) is 68.4 Å². The monoisotopic (exact) mass is 446 g/mol. The van der Waals surface area contributed by atoms with Crippen molar-refractivity contribution in [3.05, 3.63) is 107 Å². The fraction of sp³-hybridized carbons (Fsp3) is 0.286. The van der Waals surface area contributed by atoms with Crippen LogP contribution in [0.1, 0.15) is 35.6 Å². The first-order valence-electron chi connectivity index (χ1n) is 11.4. The quantitative estimate of drug-likeness (QED) is 0.484. The molecule has 1 atom stereocenters. The summed E-state index contributed by atoms with van der Waals surface area (Å²) in [5.41, 5.74) is 3.29. The molecule has 0 saturated carbocycles. The standard InChI is InChI=1S/C28H31FN2O2/c1-3-16-30-28(33)26(18-22-11-5-4-6-12-22)31(20-23-13-9-10-21(2)17-23)27(32)19-24-14-7-8-15-25(24)29/h4-15,17,26H,3,16,18-20H2,1-2H3,(H,30,33)/t26-/m0/s1. The minimum Gasteiger partial charge on any atom is -0.354 e. The minimum atomic E-state index is -0.710. The van der Waals surface area contributed by atoms with Crippen LogP contribution >= 0.6 is 0 Å².